The van der Waals surface area contributed by atoms with E-state index in [4.69, 9.17) is 28.4 Å². The molecule has 0 aliphatic rings. The first-order valence-electron chi connectivity index (χ1n) is 12.7. The standard InChI is InChI=1S/C25H44N2O10/c1-6-32-14-10-26(11-15-33-7-2)22(28)19-36-24(30)18-21(5)25(31)37-20-23(29)27(12-16-34-8-3)13-17-35-9-4/h18H,6-17,19-20H2,1-5H3/b21-18+. The molecule has 0 rings (SSSR count). The van der Waals surface area contributed by atoms with Crippen molar-refractivity contribution < 1.29 is 47.6 Å². The smallest absolute Gasteiger partial charge is 0.334 e. The molecule has 2 amide bonds. The lowest BCUT2D eigenvalue weighted by molar-refractivity contribution is -0.150. The molecule has 0 saturated carbocycles. The summed E-state index contributed by atoms with van der Waals surface area (Å²) < 4.78 is 31.2. The fourth-order valence-corrected chi connectivity index (χ4v) is 2.83. The van der Waals surface area contributed by atoms with Gasteiger partial charge >= 0.3 is 11.9 Å². The molecule has 0 aromatic carbocycles. The van der Waals surface area contributed by atoms with Gasteiger partial charge in [-0.05, 0) is 34.6 Å². The fourth-order valence-electron chi connectivity index (χ4n) is 2.83. The monoisotopic (exact) mass is 532 g/mol. The molecular formula is C25H44N2O10. The first-order valence-corrected chi connectivity index (χ1v) is 12.7. The first kappa shape index (κ1) is 34.5. The third kappa shape index (κ3) is 17.5. The van der Waals surface area contributed by atoms with Gasteiger partial charge in [0.05, 0.1) is 26.4 Å². The van der Waals surface area contributed by atoms with Crippen molar-refractivity contribution in [3.63, 3.8) is 0 Å². The van der Waals surface area contributed by atoms with Crippen LogP contribution in [0.5, 0.6) is 0 Å². The molecule has 0 fully saturated rings. The molecule has 0 aromatic heterocycles. The maximum absolute atomic E-state index is 12.5. The number of ether oxygens (including phenoxy) is 6. The van der Waals surface area contributed by atoms with Crippen LogP contribution in [0.1, 0.15) is 34.6 Å². The molecule has 0 aliphatic heterocycles. The van der Waals surface area contributed by atoms with Crippen LogP contribution in [0.25, 0.3) is 0 Å². The molecule has 0 aromatic rings. The largest absolute Gasteiger partial charge is 0.452 e. The molecule has 0 heterocycles. The second-order valence-corrected chi connectivity index (χ2v) is 7.56. The molecule has 0 spiro atoms. The van der Waals surface area contributed by atoms with Crippen LogP contribution < -0.4 is 0 Å². The number of carbonyl (C=O) groups is 4. The summed E-state index contributed by atoms with van der Waals surface area (Å²) in [5, 5.41) is 0. The molecule has 0 unspecified atom stereocenters. The average Bonchev–Trinajstić information content (AvgIpc) is 2.88. The summed E-state index contributed by atoms with van der Waals surface area (Å²) in [6.45, 7) is 12.6. The first-order chi connectivity index (χ1) is 17.8. The molecule has 0 N–H and O–H groups in total. The number of hydrogen-bond donors (Lipinski definition) is 0. The lowest BCUT2D eigenvalue weighted by Crippen LogP contribution is -2.39. The van der Waals surface area contributed by atoms with Gasteiger partial charge in [-0.1, -0.05) is 0 Å². The minimum Gasteiger partial charge on any atom is -0.452 e. The maximum atomic E-state index is 12.5. The van der Waals surface area contributed by atoms with E-state index in [-0.39, 0.29) is 5.57 Å². The summed E-state index contributed by atoms with van der Waals surface area (Å²) >= 11 is 0. The van der Waals surface area contributed by atoms with Crippen LogP contribution in [0.4, 0.5) is 0 Å². The Morgan fingerprint density at radius 1 is 0.595 bits per heavy atom. The van der Waals surface area contributed by atoms with E-state index in [2.05, 4.69) is 0 Å². The summed E-state index contributed by atoms with van der Waals surface area (Å²) in [4.78, 5) is 52.3. The molecule has 0 saturated heterocycles. The summed E-state index contributed by atoms with van der Waals surface area (Å²) in [6, 6.07) is 0. The van der Waals surface area contributed by atoms with Gasteiger partial charge in [0.25, 0.3) is 11.8 Å². The quantitative estimate of drug-likeness (QED) is 0.112. The third-order valence-electron chi connectivity index (χ3n) is 4.87. The van der Waals surface area contributed by atoms with E-state index < -0.39 is 37.0 Å². The third-order valence-corrected chi connectivity index (χ3v) is 4.87. The van der Waals surface area contributed by atoms with Crippen LogP contribution in [0.2, 0.25) is 0 Å². The highest BCUT2D eigenvalue weighted by molar-refractivity contribution is 5.97. The zero-order chi connectivity index (χ0) is 27.9. The molecule has 0 bridgehead atoms. The summed E-state index contributed by atoms with van der Waals surface area (Å²) in [6.07, 6.45) is 0.923. The number of rotatable bonds is 22. The van der Waals surface area contributed by atoms with E-state index in [9.17, 15) is 19.2 Å². The van der Waals surface area contributed by atoms with Crippen LogP contribution >= 0.6 is 0 Å². The second-order valence-electron chi connectivity index (χ2n) is 7.56. The Morgan fingerprint density at radius 2 is 0.946 bits per heavy atom. The molecule has 0 aliphatic carbocycles. The zero-order valence-corrected chi connectivity index (χ0v) is 23.0. The van der Waals surface area contributed by atoms with E-state index in [1.165, 1.54) is 16.7 Å². The number of esters is 2. The number of amides is 2. The Balaban J connectivity index is 4.73. The van der Waals surface area contributed by atoms with Crippen LogP contribution in [0.15, 0.2) is 11.6 Å². The van der Waals surface area contributed by atoms with E-state index >= 15 is 0 Å². The molecular weight excluding hydrogens is 488 g/mol. The highest BCUT2D eigenvalue weighted by atomic mass is 16.5. The lowest BCUT2D eigenvalue weighted by atomic mass is 10.3. The molecule has 37 heavy (non-hydrogen) atoms. The topological polar surface area (TPSA) is 130 Å². The van der Waals surface area contributed by atoms with Gasteiger partial charge in [0.15, 0.2) is 13.2 Å². The van der Waals surface area contributed by atoms with Crippen molar-refractivity contribution in [3.8, 4) is 0 Å². The highest BCUT2D eigenvalue weighted by Gasteiger charge is 2.18. The van der Waals surface area contributed by atoms with Gasteiger partial charge in [-0.15, -0.1) is 0 Å². The Labute approximate surface area is 220 Å². The van der Waals surface area contributed by atoms with E-state index in [0.29, 0.717) is 79.0 Å². The summed E-state index contributed by atoms with van der Waals surface area (Å²) in [5.74, 6) is -2.54. The van der Waals surface area contributed by atoms with Gasteiger partial charge in [-0.25, -0.2) is 9.59 Å². The minimum atomic E-state index is -0.876. The molecule has 0 radical (unpaired) electrons. The van der Waals surface area contributed by atoms with Crippen molar-refractivity contribution in [2.24, 2.45) is 0 Å². The van der Waals surface area contributed by atoms with Crippen molar-refractivity contribution in [1.82, 2.24) is 9.80 Å². The van der Waals surface area contributed by atoms with Crippen LogP contribution in [0, 0.1) is 0 Å². The molecule has 12 heteroatoms. The number of nitrogens with zero attached hydrogens (tertiary/aromatic N) is 2. The Kier molecular flexibility index (Phi) is 21.1. The van der Waals surface area contributed by atoms with Crippen LogP contribution in [0.3, 0.4) is 0 Å². The predicted molar refractivity (Wildman–Crippen MR) is 135 cm³/mol. The number of carbonyl (C=O) groups excluding carboxylic acids is 4. The van der Waals surface area contributed by atoms with Crippen LogP contribution in [-0.2, 0) is 47.6 Å². The molecule has 12 nitrogen and oxygen atoms in total. The summed E-state index contributed by atoms with van der Waals surface area (Å²) in [7, 11) is 0. The fraction of sp³-hybridized carbons (Fsp3) is 0.760. The average molecular weight is 533 g/mol. The van der Waals surface area contributed by atoms with E-state index in [0.717, 1.165) is 6.08 Å². The minimum absolute atomic E-state index is 0.0648. The lowest BCUT2D eigenvalue weighted by Gasteiger charge is -2.22. The normalized spacial score (nSPS) is 11.2. The molecule has 0 atom stereocenters. The Hall–Kier alpha value is -2.54. The van der Waals surface area contributed by atoms with Crippen molar-refractivity contribution in [2.45, 2.75) is 34.6 Å². The van der Waals surface area contributed by atoms with Crippen LogP contribution in [-0.4, -0.2) is 126 Å². The number of hydrogen-bond acceptors (Lipinski definition) is 10. The van der Waals surface area contributed by atoms with Gasteiger partial charge in [0.2, 0.25) is 0 Å². The van der Waals surface area contributed by atoms with E-state index in [1.807, 2.05) is 27.7 Å². The second kappa shape index (κ2) is 22.6. The Bertz CT molecular complexity index is 679. The zero-order valence-electron chi connectivity index (χ0n) is 23.0. The predicted octanol–water partition coefficient (Wildman–Crippen LogP) is 0.822. The van der Waals surface area contributed by atoms with Gasteiger partial charge in [-0.3, -0.25) is 9.59 Å². The van der Waals surface area contributed by atoms with Crippen molar-refractivity contribution in [1.29, 1.82) is 0 Å². The molecule has 214 valence electrons. The van der Waals surface area contributed by atoms with Crippen molar-refractivity contribution in [2.75, 3.05) is 92.2 Å². The van der Waals surface area contributed by atoms with Gasteiger partial charge < -0.3 is 38.2 Å². The SMILES string of the molecule is CCOCCN(CCOCC)C(=O)COC(=O)/C=C(\C)C(=O)OCC(=O)N(CCOCC)CCOCC. The van der Waals surface area contributed by atoms with Crippen molar-refractivity contribution >= 4 is 23.8 Å². The van der Waals surface area contributed by atoms with Gasteiger partial charge in [-0.2, -0.15) is 0 Å². The highest BCUT2D eigenvalue weighted by Crippen LogP contribution is 2.01. The maximum Gasteiger partial charge on any atom is 0.334 e. The van der Waals surface area contributed by atoms with Crippen molar-refractivity contribution in [3.05, 3.63) is 11.6 Å². The van der Waals surface area contributed by atoms with E-state index in [1.54, 1.807) is 0 Å². The Morgan fingerprint density at radius 3 is 1.30 bits per heavy atom. The van der Waals surface area contributed by atoms with Gasteiger partial charge in [0, 0.05) is 64.3 Å². The summed E-state index contributed by atoms with van der Waals surface area (Å²) in [5.41, 5.74) is -0.0648. The van der Waals surface area contributed by atoms with Gasteiger partial charge in [0.1, 0.15) is 0 Å².